The predicted molar refractivity (Wildman–Crippen MR) is 133 cm³/mol. The van der Waals surface area contributed by atoms with Crippen molar-refractivity contribution in [1.82, 2.24) is 19.9 Å². The molecule has 2 saturated heterocycles. The summed E-state index contributed by atoms with van der Waals surface area (Å²) in [7, 11) is 0. The molecule has 2 aromatic carbocycles. The SMILES string of the molecule is Fc1ccccc1CNc1nc(NC2CCN(Cc3ccccc3)CC2)nc(N2CCCC2)n1. The molecule has 3 heterocycles. The number of rotatable bonds is 8. The maximum Gasteiger partial charge on any atom is 0.231 e. The van der Waals surface area contributed by atoms with E-state index < -0.39 is 0 Å². The molecule has 0 unspecified atom stereocenters. The van der Waals surface area contributed by atoms with E-state index >= 15 is 0 Å². The van der Waals surface area contributed by atoms with Crippen LogP contribution in [-0.4, -0.2) is 52.1 Å². The number of aromatic nitrogens is 3. The molecule has 2 N–H and O–H groups in total. The maximum absolute atomic E-state index is 14.1. The number of hydrogen-bond acceptors (Lipinski definition) is 7. The van der Waals surface area contributed by atoms with Crippen molar-refractivity contribution in [3.05, 3.63) is 71.5 Å². The van der Waals surface area contributed by atoms with Crippen molar-refractivity contribution in [2.45, 2.75) is 44.8 Å². The Labute approximate surface area is 200 Å². The van der Waals surface area contributed by atoms with Gasteiger partial charge in [-0.15, -0.1) is 0 Å². The van der Waals surface area contributed by atoms with Crippen LogP contribution in [0.4, 0.5) is 22.2 Å². The zero-order valence-corrected chi connectivity index (χ0v) is 19.5. The molecule has 178 valence electrons. The molecular weight excluding hydrogens is 429 g/mol. The maximum atomic E-state index is 14.1. The van der Waals surface area contributed by atoms with Gasteiger partial charge in [0.2, 0.25) is 17.8 Å². The lowest BCUT2D eigenvalue weighted by atomic mass is 10.0. The highest BCUT2D eigenvalue weighted by atomic mass is 19.1. The van der Waals surface area contributed by atoms with Crippen molar-refractivity contribution in [1.29, 1.82) is 0 Å². The van der Waals surface area contributed by atoms with Crippen molar-refractivity contribution >= 4 is 17.8 Å². The highest BCUT2D eigenvalue weighted by molar-refractivity contribution is 5.45. The number of likely N-dealkylation sites (tertiary alicyclic amines) is 1. The summed E-state index contributed by atoms with van der Waals surface area (Å²) in [4.78, 5) is 18.7. The Hall–Kier alpha value is -3.26. The van der Waals surface area contributed by atoms with Crippen LogP contribution in [0.2, 0.25) is 0 Å². The average molecular weight is 462 g/mol. The van der Waals surface area contributed by atoms with Crippen LogP contribution in [0.5, 0.6) is 0 Å². The van der Waals surface area contributed by atoms with Crippen LogP contribution in [-0.2, 0) is 13.1 Å². The van der Waals surface area contributed by atoms with Crippen LogP contribution >= 0.6 is 0 Å². The van der Waals surface area contributed by atoms with Crippen LogP contribution in [0.1, 0.15) is 36.8 Å². The van der Waals surface area contributed by atoms with E-state index in [1.165, 1.54) is 11.6 Å². The molecule has 0 amide bonds. The summed E-state index contributed by atoms with van der Waals surface area (Å²) in [5.74, 6) is 1.52. The van der Waals surface area contributed by atoms with Gasteiger partial charge in [-0.25, -0.2) is 4.39 Å². The van der Waals surface area contributed by atoms with E-state index in [2.05, 4.69) is 60.7 Å². The number of nitrogens with one attached hydrogen (secondary N) is 2. The van der Waals surface area contributed by atoms with Crippen molar-refractivity contribution < 1.29 is 4.39 Å². The highest BCUT2D eigenvalue weighted by Crippen LogP contribution is 2.22. The van der Waals surface area contributed by atoms with E-state index in [4.69, 9.17) is 4.98 Å². The summed E-state index contributed by atoms with van der Waals surface area (Å²) in [5, 5.41) is 6.75. The lowest BCUT2D eigenvalue weighted by Gasteiger charge is -2.32. The predicted octanol–water partition coefficient (Wildman–Crippen LogP) is 4.30. The lowest BCUT2D eigenvalue weighted by Crippen LogP contribution is -2.39. The Kier molecular flexibility index (Phi) is 7.14. The topological polar surface area (TPSA) is 69.2 Å². The van der Waals surface area contributed by atoms with Crippen LogP contribution in [0.25, 0.3) is 0 Å². The van der Waals surface area contributed by atoms with Crippen molar-refractivity contribution in [2.75, 3.05) is 41.7 Å². The second-order valence-electron chi connectivity index (χ2n) is 9.10. The standard InChI is InChI=1S/C26H32FN7/c27-23-11-5-4-10-21(23)18-28-24-30-25(32-26(31-24)34-14-6-7-15-34)29-22-12-16-33(17-13-22)19-20-8-2-1-3-9-20/h1-5,8-11,22H,6-7,12-19H2,(H2,28,29,30,31,32). The largest absolute Gasteiger partial charge is 0.351 e. The normalized spacial score (nSPS) is 17.1. The van der Waals surface area contributed by atoms with Gasteiger partial charge in [-0.1, -0.05) is 48.5 Å². The van der Waals surface area contributed by atoms with Gasteiger partial charge >= 0.3 is 0 Å². The molecule has 1 aromatic heterocycles. The first-order chi connectivity index (χ1) is 16.7. The summed E-state index contributed by atoms with van der Waals surface area (Å²) in [6, 6.07) is 17.7. The molecular formula is C26H32FN7. The summed E-state index contributed by atoms with van der Waals surface area (Å²) in [6.45, 7) is 5.29. The summed E-state index contributed by atoms with van der Waals surface area (Å²) in [6.07, 6.45) is 4.36. The Morgan fingerprint density at radius 1 is 0.824 bits per heavy atom. The molecule has 0 saturated carbocycles. The van der Waals surface area contributed by atoms with Gasteiger partial charge in [-0.2, -0.15) is 15.0 Å². The van der Waals surface area contributed by atoms with E-state index in [-0.39, 0.29) is 5.82 Å². The second kappa shape index (κ2) is 10.8. The van der Waals surface area contributed by atoms with Crippen molar-refractivity contribution in [3.63, 3.8) is 0 Å². The molecule has 0 radical (unpaired) electrons. The summed E-state index contributed by atoms with van der Waals surface area (Å²) >= 11 is 0. The third-order valence-corrected chi connectivity index (χ3v) is 6.58. The van der Waals surface area contributed by atoms with Crippen LogP contribution in [0, 0.1) is 5.82 Å². The van der Waals surface area contributed by atoms with Crippen molar-refractivity contribution in [3.8, 4) is 0 Å². The molecule has 5 rings (SSSR count). The Bertz CT molecular complexity index is 1060. The molecule has 0 spiro atoms. The van der Waals surface area contributed by atoms with Gasteiger partial charge in [0, 0.05) is 50.9 Å². The van der Waals surface area contributed by atoms with Crippen molar-refractivity contribution in [2.24, 2.45) is 0 Å². The van der Waals surface area contributed by atoms with Gasteiger partial charge in [0.25, 0.3) is 0 Å². The van der Waals surface area contributed by atoms with E-state index in [0.717, 1.165) is 58.4 Å². The monoisotopic (exact) mass is 461 g/mol. The van der Waals surface area contributed by atoms with Crippen LogP contribution in [0.3, 0.4) is 0 Å². The minimum absolute atomic E-state index is 0.232. The van der Waals surface area contributed by atoms with Gasteiger partial charge in [0.1, 0.15) is 5.82 Å². The smallest absolute Gasteiger partial charge is 0.231 e. The van der Waals surface area contributed by atoms with E-state index in [1.807, 2.05) is 6.07 Å². The fourth-order valence-corrected chi connectivity index (χ4v) is 4.64. The molecule has 2 aliphatic heterocycles. The minimum Gasteiger partial charge on any atom is -0.351 e. The number of halogens is 1. The fourth-order valence-electron chi connectivity index (χ4n) is 4.64. The molecule has 34 heavy (non-hydrogen) atoms. The Balaban J connectivity index is 1.24. The number of piperidine rings is 1. The molecule has 0 aliphatic carbocycles. The third-order valence-electron chi connectivity index (χ3n) is 6.58. The third kappa shape index (κ3) is 5.80. The molecule has 0 bridgehead atoms. The van der Waals surface area contributed by atoms with Gasteiger partial charge in [0.05, 0.1) is 0 Å². The average Bonchev–Trinajstić information content (AvgIpc) is 3.41. The molecule has 0 atom stereocenters. The molecule has 7 nitrogen and oxygen atoms in total. The van der Waals surface area contributed by atoms with Gasteiger partial charge < -0.3 is 15.5 Å². The lowest BCUT2D eigenvalue weighted by molar-refractivity contribution is 0.211. The number of nitrogens with zero attached hydrogens (tertiary/aromatic N) is 5. The quantitative estimate of drug-likeness (QED) is 0.518. The fraction of sp³-hybridized carbons (Fsp3) is 0.423. The van der Waals surface area contributed by atoms with E-state index in [1.54, 1.807) is 12.1 Å². The number of hydrogen-bond donors (Lipinski definition) is 2. The van der Waals surface area contributed by atoms with Crippen LogP contribution < -0.4 is 15.5 Å². The van der Waals surface area contributed by atoms with E-state index in [0.29, 0.717) is 36.0 Å². The molecule has 3 aromatic rings. The number of benzene rings is 2. The first-order valence-corrected chi connectivity index (χ1v) is 12.2. The number of anilines is 3. The second-order valence-corrected chi connectivity index (χ2v) is 9.10. The van der Waals surface area contributed by atoms with Gasteiger partial charge in [-0.3, -0.25) is 4.90 Å². The molecule has 2 aliphatic rings. The zero-order valence-electron chi connectivity index (χ0n) is 19.5. The van der Waals surface area contributed by atoms with Gasteiger partial charge in [-0.05, 0) is 37.3 Å². The summed E-state index contributed by atoms with van der Waals surface area (Å²) in [5.41, 5.74) is 1.94. The zero-order chi connectivity index (χ0) is 23.2. The summed E-state index contributed by atoms with van der Waals surface area (Å²) < 4.78 is 14.1. The highest BCUT2D eigenvalue weighted by Gasteiger charge is 2.22. The first-order valence-electron chi connectivity index (χ1n) is 12.2. The Morgan fingerprint density at radius 3 is 2.29 bits per heavy atom. The first kappa shape index (κ1) is 22.5. The van der Waals surface area contributed by atoms with Gasteiger partial charge in [0.15, 0.2) is 0 Å². The minimum atomic E-state index is -0.232. The Morgan fingerprint density at radius 2 is 1.53 bits per heavy atom. The van der Waals surface area contributed by atoms with E-state index in [9.17, 15) is 4.39 Å². The molecule has 2 fully saturated rings. The van der Waals surface area contributed by atoms with Crippen LogP contribution in [0.15, 0.2) is 54.6 Å². The molecule has 8 heteroatoms.